The molecule has 0 aromatic carbocycles. The number of hydrogen-bond donors (Lipinski definition) is 1. The van der Waals surface area contributed by atoms with Gasteiger partial charge in [0.15, 0.2) is 0 Å². The maximum atomic E-state index is 8.51. The molecule has 4 heteroatoms. The molecule has 1 rings (SSSR count). The fourth-order valence-corrected chi connectivity index (χ4v) is 1.60. The molecule has 0 radical (unpaired) electrons. The van der Waals surface area contributed by atoms with E-state index >= 15 is 0 Å². The molecule has 1 aromatic rings. The monoisotopic (exact) mass is 186 g/mol. The van der Waals surface area contributed by atoms with Crippen molar-refractivity contribution < 1.29 is 5.11 Å². The zero-order chi connectivity index (χ0) is 8.65. The van der Waals surface area contributed by atoms with Crippen molar-refractivity contribution in [2.24, 2.45) is 0 Å². The van der Waals surface area contributed by atoms with Crippen LogP contribution in [0.2, 0.25) is 0 Å². The SMILES string of the molecule is OCCSCCCn1ccnc1. The first-order chi connectivity index (χ1) is 5.93. The standard InChI is InChI=1S/C8H14N2OS/c11-5-7-12-6-1-3-10-4-2-9-8-10/h2,4,8,11H,1,3,5-7H2. The van der Waals surface area contributed by atoms with Gasteiger partial charge in [-0.2, -0.15) is 11.8 Å². The summed E-state index contributed by atoms with van der Waals surface area (Å²) >= 11 is 1.79. The van der Waals surface area contributed by atoms with Crippen molar-refractivity contribution in [2.75, 3.05) is 18.1 Å². The number of aromatic nitrogens is 2. The van der Waals surface area contributed by atoms with Crippen molar-refractivity contribution in [3.05, 3.63) is 18.7 Å². The number of nitrogens with zero attached hydrogens (tertiary/aromatic N) is 2. The number of hydrogen-bond acceptors (Lipinski definition) is 3. The molecule has 0 atom stereocenters. The van der Waals surface area contributed by atoms with E-state index in [-0.39, 0.29) is 6.61 Å². The first-order valence-electron chi connectivity index (χ1n) is 4.08. The van der Waals surface area contributed by atoms with Crippen molar-refractivity contribution in [2.45, 2.75) is 13.0 Å². The van der Waals surface area contributed by atoms with E-state index in [1.54, 1.807) is 18.0 Å². The second kappa shape index (κ2) is 6.08. The van der Waals surface area contributed by atoms with Crippen molar-refractivity contribution in [1.82, 2.24) is 9.55 Å². The molecule has 1 N–H and O–H groups in total. The molecule has 0 aliphatic rings. The van der Waals surface area contributed by atoms with Crippen LogP contribution >= 0.6 is 11.8 Å². The van der Waals surface area contributed by atoms with Crippen molar-refractivity contribution in [1.29, 1.82) is 0 Å². The van der Waals surface area contributed by atoms with Gasteiger partial charge < -0.3 is 9.67 Å². The minimum atomic E-state index is 0.287. The molecule has 1 aromatic heterocycles. The number of aryl methyl sites for hydroxylation is 1. The Kier molecular flexibility index (Phi) is 4.87. The molecule has 0 fully saturated rings. The molecule has 0 saturated carbocycles. The molecule has 0 aliphatic heterocycles. The zero-order valence-electron chi connectivity index (χ0n) is 7.02. The van der Waals surface area contributed by atoms with E-state index in [1.165, 1.54) is 0 Å². The fraction of sp³-hybridized carbons (Fsp3) is 0.625. The van der Waals surface area contributed by atoms with Crippen LogP contribution in [-0.2, 0) is 6.54 Å². The summed E-state index contributed by atoms with van der Waals surface area (Å²) in [4.78, 5) is 3.95. The van der Waals surface area contributed by atoms with Gasteiger partial charge in [-0.25, -0.2) is 4.98 Å². The molecular weight excluding hydrogens is 172 g/mol. The van der Waals surface area contributed by atoms with Crippen LogP contribution in [-0.4, -0.2) is 32.8 Å². The molecule has 1 heterocycles. The Balaban J connectivity index is 1.96. The second-order valence-corrected chi connectivity index (χ2v) is 3.71. The van der Waals surface area contributed by atoms with Crippen LogP contribution in [0.3, 0.4) is 0 Å². The summed E-state index contributed by atoms with van der Waals surface area (Å²) in [7, 11) is 0. The molecule has 0 saturated heterocycles. The summed E-state index contributed by atoms with van der Waals surface area (Å²) in [6, 6.07) is 0. The lowest BCUT2D eigenvalue weighted by Gasteiger charge is -2.00. The van der Waals surface area contributed by atoms with Crippen molar-refractivity contribution in [3.8, 4) is 0 Å². The summed E-state index contributed by atoms with van der Waals surface area (Å²) in [6.45, 7) is 1.31. The summed E-state index contributed by atoms with van der Waals surface area (Å²) in [6.07, 6.45) is 6.73. The van der Waals surface area contributed by atoms with Crippen LogP contribution in [0.25, 0.3) is 0 Å². The first kappa shape index (κ1) is 9.61. The Morgan fingerprint density at radius 2 is 2.33 bits per heavy atom. The molecule has 0 spiro atoms. The fourth-order valence-electron chi connectivity index (χ4n) is 0.935. The average Bonchev–Trinajstić information content (AvgIpc) is 2.57. The van der Waals surface area contributed by atoms with E-state index in [9.17, 15) is 0 Å². The maximum Gasteiger partial charge on any atom is 0.0945 e. The summed E-state index contributed by atoms with van der Waals surface area (Å²) in [5, 5.41) is 8.51. The minimum Gasteiger partial charge on any atom is -0.396 e. The maximum absolute atomic E-state index is 8.51. The van der Waals surface area contributed by atoms with E-state index in [2.05, 4.69) is 9.55 Å². The van der Waals surface area contributed by atoms with Crippen LogP contribution in [0.15, 0.2) is 18.7 Å². The van der Waals surface area contributed by atoms with Gasteiger partial charge in [0.1, 0.15) is 0 Å². The highest BCUT2D eigenvalue weighted by Crippen LogP contribution is 2.02. The van der Waals surface area contributed by atoms with Gasteiger partial charge in [0, 0.05) is 24.7 Å². The zero-order valence-corrected chi connectivity index (χ0v) is 7.83. The van der Waals surface area contributed by atoms with Crippen LogP contribution < -0.4 is 0 Å². The van der Waals surface area contributed by atoms with Crippen molar-refractivity contribution in [3.63, 3.8) is 0 Å². The topological polar surface area (TPSA) is 38.0 Å². The molecule has 3 nitrogen and oxygen atoms in total. The lowest BCUT2D eigenvalue weighted by Crippen LogP contribution is -1.96. The molecule has 0 aliphatic carbocycles. The van der Waals surface area contributed by atoms with Crippen LogP contribution in [0.4, 0.5) is 0 Å². The van der Waals surface area contributed by atoms with E-state index in [0.717, 1.165) is 24.5 Å². The normalized spacial score (nSPS) is 10.4. The van der Waals surface area contributed by atoms with E-state index in [1.807, 2.05) is 12.5 Å². The van der Waals surface area contributed by atoms with Gasteiger partial charge in [0.2, 0.25) is 0 Å². The average molecular weight is 186 g/mol. The summed E-state index contributed by atoms with van der Waals surface area (Å²) in [5.41, 5.74) is 0. The van der Waals surface area contributed by atoms with Gasteiger partial charge in [-0.15, -0.1) is 0 Å². The summed E-state index contributed by atoms with van der Waals surface area (Å²) < 4.78 is 2.07. The number of aliphatic hydroxyl groups excluding tert-OH is 1. The van der Waals surface area contributed by atoms with Crippen molar-refractivity contribution >= 4 is 11.8 Å². The lowest BCUT2D eigenvalue weighted by molar-refractivity contribution is 0.322. The third-order valence-electron chi connectivity index (χ3n) is 1.50. The highest BCUT2D eigenvalue weighted by Gasteiger charge is 1.90. The van der Waals surface area contributed by atoms with Gasteiger partial charge in [-0.3, -0.25) is 0 Å². The highest BCUT2D eigenvalue weighted by atomic mass is 32.2. The van der Waals surface area contributed by atoms with E-state index in [0.29, 0.717) is 0 Å². The lowest BCUT2D eigenvalue weighted by atomic mass is 10.5. The predicted molar refractivity (Wildman–Crippen MR) is 51.3 cm³/mol. The first-order valence-corrected chi connectivity index (χ1v) is 5.23. The van der Waals surface area contributed by atoms with E-state index in [4.69, 9.17) is 5.11 Å². The number of rotatable bonds is 6. The number of thioether (sulfide) groups is 1. The second-order valence-electron chi connectivity index (χ2n) is 2.49. The molecule has 68 valence electrons. The number of aliphatic hydroxyl groups is 1. The summed E-state index contributed by atoms with van der Waals surface area (Å²) in [5.74, 6) is 1.96. The largest absolute Gasteiger partial charge is 0.396 e. The van der Waals surface area contributed by atoms with Gasteiger partial charge in [0.05, 0.1) is 12.9 Å². The molecule has 0 unspecified atom stereocenters. The van der Waals surface area contributed by atoms with Gasteiger partial charge >= 0.3 is 0 Å². The van der Waals surface area contributed by atoms with Gasteiger partial charge in [0.25, 0.3) is 0 Å². The molecule has 12 heavy (non-hydrogen) atoms. The molecular formula is C8H14N2OS. The van der Waals surface area contributed by atoms with Gasteiger partial charge in [-0.1, -0.05) is 0 Å². The predicted octanol–water partition coefficient (Wildman–Crippen LogP) is 0.999. The Morgan fingerprint density at radius 1 is 1.42 bits per heavy atom. The third-order valence-corrected chi connectivity index (χ3v) is 2.55. The Morgan fingerprint density at radius 3 is 3.00 bits per heavy atom. The van der Waals surface area contributed by atoms with Crippen LogP contribution in [0.1, 0.15) is 6.42 Å². The van der Waals surface area contributed by atoms with Gasteiger partial charge in [-0.05, 0) is 12.2 Å². The quantitative estimate of drug-likeness (QED) is 0.673. The molecule has 0 bridgehead atoms. The highest BCUT2D eigenvalue weighted by molar-refractivity contribution is 7.99. The van der Waals surface area contributed by atoms with Crippen LogP contribution in [0.5, 0.6) is 0 Å². The Hall–Kier alpha value is -0.480. The van der Waals surface area contributed by atoms with Crippen LogP contribution in [0, 0.1) is 0 Å². The Bertz CT molecular complexity index is 189. The number of imidazole rings is 1. The Labute approximate surface area is 76.8 Å². The minimum absolute atomic E-state index is 0.287. The third kappa shape index (κ3) is 3.78. The smallest absolute Gasteiger partial charge is 0.0945 e. The van der Waals surface area contributed by atoms with E-state index < -0.39 is 0 Å². The molecule has 0 amide bonds.